The molecule has 0 heterocycles. The summed E-state index contributed by atoms with van der Waals surface area (Å²) in [6.07, 6.45) is 13.9. The lowest BCUT2D eigenvalue weighted by molar-refractivity contribution is 0.0716. The van der Waals surface area contributed by atoms with Crippen molar-refractivity contribution < 1.29 is 10.2 Å². The van der Waals surface area contributed by atoms with Crippen LogP contribution in [0.15, 0.2) is 97.6 Å². The van der Waals surface area contributed by atoms with E-state index in [0.717, 1.165) is 32.1 Å². The van der Waals surface area contributed by atoms with Gasteiger partial charge in [-0.05, 0) is 123 Å². The standard InChI is InChI=1S/C36H50O2.C7H8.CH3Cl/c1-6-27-20-32(23-33(37)21-27)30-14-10-13-29(22-30)31-15-16-35(25(4)19-31)26(5)34(24(2)3)17-18-36(38)28-11-8-7-9-12-28;1-7-5-3-2-4-6-7;1-2/h6,10,13-16,19,22,26-28,32-34,36-38H,1-2,7-9,11-12,17-18,20-21,23H2,3-5H3;2-6H,1H3;1H3/t26?,27?,32?,33?,34-,36?;;/m0../s1. The number of aliphatic hydroxyl groups is 2. The minimum Gasteiger partial charge on any atom is -0.393 e. The number of halogens is 1. The highest BCUT2D eigenvalue weighted by Gasteiger charge is 2.28. The molecule has 5 unspecified atom stereocenters. The molecule has 0 bridgehead atoms. The van der Waals surface area contributed by atoms with Crippen molar-refractivity contribution >= 4 is 11.6 Å². The maximum Gasteiger partial charge on any atom is 0.0568 e. The molecule has 0 saturated heterocycles. The topological polar surface area (TPSA) is 40.5 Å². The van der Waals surface area contributed by atoms with Crippen molar-refractivity contribution in [2.24, 2.45) is 17.8 Å². The summed E-state index contributed by atoms with van der Waals surface area (Å²) in [4.78, 5) is 0. The summed E-state index contributed by atoms with van der Waals surface area (Å²) in [5.41, 5.74) is 9.05. The third-order valence-electron chi connectivity index (χ3n) is 10.6. The summed E-state index contributed by atoms with van der Waals surface area (Å²) < 4.78 is 0. The van der Waals surface area contributed by atoms with Crippen LogP contribution in [0, 0.1) is 31.6 Å². The number of allylic oxidation sites excluding steroid dienone is 2. The molecule has 0 aromatic heterocycles. The van der Waals surface area contributed by atoms with Crippen LogP contribution in [0.5, 0.6) is 0 Å². The van der Waals surface area contributed by atoms with Gasteiger partial charge in [0.15, 0.2) is 0 Å². The molecule has 2 aliphatic rings. The molecular weight excluding hydrogens is 596 g/mol. The fraction of sp³-hybridized carbons (Fsp3) is 0.500. The number of alkyl halides is 1. The van der Waals surface area contributed by atoms with Crippen LogP contribution in [0.2, 0.25) is 0 Å². The molecule has 0 amide bonds. The van der Waals surface area contributed by atoms with Crippen LogP contribution >= 0.6 is 11.6 Å². The number of rotatable bonds is 10. The molecule has 2 saturated carbocycles. The zero-order valence-electron chi connectivity index (χ0n) is 29.8. The summed E-state index contributed by atoms with van der Waals surface area (Å²) in [5, 5.41) is 21.3. The van der Waals surface area contributed by atoms with Crippen LogP contribution in [0.4, 0.5) is 0 Å². The first-order chi connectivity index (χ1) is 22.7. The van der Waals surface area contributed by atoms with Crippen molar-refractivity contribution in [1.82, 2.24) is 0 Å². The van der Waals surface area contributed by atoms with Gasteiger partial charge in [0.2, 0.25) is 0 Å². The van der Waals surface area contributed by atoms with Crippen molar-refractivity contribution in [1.29, 1.82) is 0 Å². The Kier molecular flexibility index (Phi) is 16.5. The molecule has 3 aromatic carbocycles. The van der Waals surface area contributed by atoms with E-state index < -0.39 is 0 Å². The second-order valence-corrected chi connectivity index (χ2v) is 14.2. The van der Waals surface area contributed by atoms with Gasteiger partial charge in [-0.2, -0.15) is 0 Å². The van der Waals surface area contributed by atoms with E-state index in [1.807, 2.05) is 24.3 Å². The van der Waals surface area contributed by atoms with Gasteiger partial charge >= 0.3 is 0 Å². The summed E-state index contributed by atoms with van der Waals surface area (Å²) in [7, 11) is 0. The molecule has 6 atom stereocenters. The molecule has 2 fully saturated rings. The second kappa shape index (κ2) is 20.0. The average molecular weight is 657 g/mol. The molecule has 0 radical (unpaired) electrons. The van der Waals surface area contributed by atoms with E-state index >= 15 is 0 Å². The van der Waals surface area contributed by atoms with Crippen LogP contribution in [0.1, 0.15) is 112 Å². The predicted octanol–water partition coefficient (Wildman–Crippen LogP) is 12.0. The van der Waals surface area contributed by atoms with Crippen molar-refractivity contribution in [2.45, 2.75) is 116 Å². The second-order valence-electron chi connectivity index (χ2n) is 14.2. The molecule has 2 N–H and O–H groups in total. The van der Waals surface area contributed by atoms with Crippen LogP contribution in [0.25, 0.3) is 11.1 Å². The van der Waals surface area contributed by atoms with Crippen molar-refractivity contribution in [3.8, 4) is 11.1 Å². The maximum absolute atomic E-state index is 10.9. The van der Waals surface area contributed by atoms with Gasteiger partial charge in [-0.25, -0.2) is 0 Å². The van der Waals surface area contributed by atoms with Gasteiger partial charge in [-0.3, -0.25) is 0 Å². The van der Waals surface area contributed by atoms with Crippen LogP contribution < -0.4 is 0 Å². The first kappa shape index (κ1) is 38.8. The van der Waals surface area contributed by atoms with Crippen LogP contribution in [0.3, 0.4) is 0 Å². The Morgan fingerprint density at radius 2 is 1.55 bits per heavy atom. The van der Waals surface area contributed by atoms with E-state index in [1.165, 1.54) is 77.4 Å². The summed E-state index contributed by atoms with van der Waals surface area (Å²) in [5.74, 6) is 1.99. The number of aliphatic hydroxyl groups excluding tert-OH is 2. The Balaban J connectivity index is 0.000000582. The first-order valence-electron chi connectivity index (χ1n) is 17.9. The van der Waals surface area contributed by atoms with E-state index in [2.05, 4.69) is 107 Å². The number of benzene rings is 3. The number of aryl methyl sites for hydroxylation is 2. The lowest BCUT2D eigenvalue weighted by Crippen LogP contribution is -2.24. The normalized spacial score (nSPS) is 21.6. The maximum atomic E-state index is 10.9. The molecule has 3 aromatic rings. The minimum absolute atomic E-state index is 0.174. The third kappa shape index (κ3) is 11.8. The molecule has 0 aliphatic heterocycles. The lowest BCUT2D eigenvalue weighted by atomic mass is 9.76. The van der Waals surface area contributed by atoms with E-state index in [-0.39, 0.29) is 12.2 Å². The smallest absolute Gasteiger partial charge is 0.0568 e. The van der Waals surface area contributed by atoms with Crippen molar-refractivity contribution in [2.75, 3.05) is 6.38 Å². The van der Waals surface area contributed by atoms with Crippen LogP contribution in [-0.2, 0) is 0 Å². The Bertz CT molecular complexity index is 1360. The zero-order valence-corrected chi connectivity index (χ0v) is 30.6. The Morgan fingerprint density at radius 3 is 2.15 bits per heavy atom. The van der Waals surface area contributed by atoms with E-state index in [0.29, 0.717) is 29.6 Å². The van der Waals surface area contributed by atoms with Gasteiger partial charge in [-0.15, -0.1) is 18.2 Å². The van der Waals surface area contributed by atoms with Crippen molar-refractivity contribution in [3.05, 3.63) is 120 Å². The molecule has 3 heteroatoms. The molecule has 47 heavy (non-hydrogen) atoms. The zero-order chi connectivity index (χ0) is 34.3. The van der Waals surface area contributed by atoms with Crippen molar-refractivity contribution in [3.63, 3.8) is 0 Å². The number of hydrogen-bond donors (Lipinski definition) is 2. The lowest BCUT2D eigenvalue weighted by Gasteiger charge is -2.31. The van der Waals surface area contributed by atoms with Crippen LogP contribution in [-0.4, -0.2) is 28.8 Å². The largest absolute Gasteiger partial charge is 0.393 e. The summed E-state index contributed by atoms with van der Waals surface area (Å²) in [6, 6.07) is 26.1. The van der Waals surface area contributed by atoms with Gasteiger partial charge in [0.1, 0.15) is 0 Å². The highest BCUT2D eigenvalue weighted by atomic mass is 35.5. The Morgan fingerprint density at radius 1 is 0.872 bits per heavy atom. The molecule has 2 nitrogen and oxygen atoms in total. The summed E-state index contributed by atoms with van der Waals surface area (Å²) >= 11 is 4.64. The highest BCUT2D eigenvalue weighted by molar-refractivity contribution is 6.15. The minimum atomic E-state index is -0.242. The molecule has 2 aliphatic carbocycles. The Hall–Kier alpha value is -2.65. The van der Waals surface area contributed by atoms with E-state index in [1.54, 1.807) is 0 Å². The van der Waals surface area contributed by atoms with Gasteiger partial charge in [0.25, 0.3) is 0 Å². The monoisotopic (exact) mass is 656 g/mol. The predicted molar refractivity (Wildman–Crippen MR) is 204 cm³/mol. The first-order valence-corrected chi connectivity index (χ1v) is 18.7. The average Bonchev–Trinajstić information content (AvgIpc) is 3.09. The Labute approximate surface area is 292 Å². The highest BCUT2D eigenvalue weighted by Crippen LogP contribution is 2.40. The quantitative estimate of drug-likeness (QED) is 0.168. The van der Waals surface area contributed by atoms with Gasteiger partial charge in [-0.1, -0.05) is 123 Å². The third-order valence-corrected chi connectivity index (χ3v) is 10.6. The fourth-order valence-corrected chi connectivity index (χ4v) is 7.91. The molecule has 0 spiro atoms. The SMILES string of the molecule is C=CC1CC(O)CC(c2cccc(-c3ccc(C(C)[C@@H](CCC(O)C4CCCCC4)C(=C)C)c(C)c3)c2)C1.CCl.Cc1ccccc1. The molecule has 5 rings (SSSR count). The van der Waals surface area contributed by atoms with Gasteiger partial charge in [0, 0.05) is 6.38 Å². The van der Waals surface area contributed by atoms with Gasteiger partial charge < -0.3 is 10.2 Å². The van der Waals surface area contributed by atoms with E-state index in [9.17, 15) is 10.2 Å². The molecule has 256 valence electrons. The molecular formula is C44H61ClO2. The summed E-state index contributed by atoms with van der Waals surface area (Å²) in [6.45, 7) is 17.1. The van der Waals surface area contributed by atoms with Gasteiger partial charge in [0.05, 0.1) is 12.2 Å². The van der Waals surface area contributed by atoms with E-state index in [4.69, 9.17) is 0 Å². The number of hydrogen-bond acceptors (Lipinski definition) is 2. The fourth-order valence-electron chi connectivity index (χ4n) is 7.91.